The molecule has 0 bridgehead atoms. The van der Waals surface area contributed by atoms with Gasteiger partial charge in [0.25, 0.3) is 0 Å². The number of anilines is 1. The van der Waals surface area contributed by atoms with Gasteiger partial charge in [-0.1, -0.05) is 13.8 Å². The lowest BCUT2D eigenvalue weighted by atomic mass is 10.1. The van der Waals surface area contributed by atoms with Crippen molar-refractivity contribution >= 4 is 28.3 Å². The maximum atomic E-state index is 11.3. The fourth-order valence-corrected chi connectivity index (χ4v) is 1.67. The lowest BCUT2D eigenvalue weighted by molar-refractivity contribution is -0.116. The molecule has 1 aromatic heterocycles. The molecule has 1 amide bonds. The van der Waals surface area contributed by atoms with Gasteiger partial charge in [-0.05, 0) is 5.92 Å². The normalized spacial score (nSPS) is 10.3. The summed E-state index contributed by atoms with van der Waals surface area (Å²) in [6.07, 6.45) is 0.405. The Bertz CT molecular complexity index is 373. The Balaban J connectivity index is 2.57. The first-order chi connectivity index (χ1) is 6.99. The van der Waals surface area contributed by atoms with Crippen LogP contribution in [0.4, 0.5) is 5.13 Å². The van der Waals surface area contributed by atoms with Crippen molar-refractivity contribution in [2.45, 2.75) is 20.3 Å². The first-order valence-electron chi connectivity index (χ1n) is 4.47. The lowest BCUT2D eigenvalue weighted by Crippen LogP contribution is -2.13. The average Bonchev–Trinajstić information content (AvgIpc) is 2.50. The first-order valence-corrected chi connectivity index (χ1v) is 5.35. The minimum absolute atomic E-state index is 0.0418. The molecule has 0 unspecified atom stereocenters. The summed E-state index contributed by atoms with van der Waals surface area (Å²) in [4.78, 5) is 25.6. The van der Waals surface area contributed by atoms with Gasteiger partial charge in [-0.15, -0.1) is 11.3 Å². The zero-order valence-electron chi connectivity index (χ0n) is 8.48. The highest BCUT2D eigenvalue weighted by molar-refractivity contribution is 7.14. The molecule has 0 spiro atoms. The van der Waals surface area contributed by atoms with Crippen LogP contribution in [0.5, 0.6) is 0 Å². The monoisotopic (exact) mass is 228 g/mol. The third-order valence-electron chi connectivity index (χ3n) is 1.56. The van der Waals surface area contributed by atoms with Crippen molar-refractivity contribution in [1.29, 1.82) is 0 Å². The van der Waals surface area contributed by atoms with Crippen LogP contribution in [0, 0.1) is 5.92 Å². The summed E-state index contributed by atoms with van der Waals surface area (Å²) in [6.45, 7) is 3.87. The van der Waals surface area contributed by atoms with Gasteiger partial charge in [0, 0.05) is 11.8 Å². The predicted octanol–water partition coefficient (Wildman–Crippen LogP) is 1.83. The molecule has 0 aliphatic heterocycles. The van der Waals surface area contributed by atoms with Crippen LogP contribution >= 0.6 is 11.3 Å². The number of nitrogens with one attached hydrogen (secondary N) is 1. The minimum Gasteiger partial charge on any atom is -0.476 e. The van der Waals surface area contributed by atoms with Crippen molar-refractivity contribution < 1.29 is 14.7 Å². The summed E-state index contributed by atoms with van der Waals surface area (Å²) in [7, 11) is 0. The zero-order valence-corrected chi connectivity index (χ0v) is 9.30. The van der Waals surface area contributed by atoms with Crippen molar-refractivity contribution in [2.75, 3.05) is 5.32 Å². The second-order valence-corrected chi connectivity index (χ2v) is 4.35. The molecule has 0 saturated heterocycles. The van der Waals surface area contributed by atoms with Gasteiger partial charge in [0.1, 0.15) is 0 Å². The van der Waals surface area contributed by atoms with E-state index in [9.17, 15) is 9.59 Å². The second-order valence-electron chi connectivity index (χ2n) is 3.49. The molecular formula is C9H12N2O3S. The second kappa shape index (κ2) is 4.88. The van der Waals surface area contributed by atoms with Crippen LogP contribution in [0.1, 0.15) is 30.8 Å². The van der Waals surface area contributed by atoms with Crippen molar-refractivity contribution in [3.05, 3.63) is 11.1 Å². The molecule has 1 aromatic rings. The molecule has 0 atom stereocenters. The molecule has 82 valence electrons. The number of aromatic carboxylic acids is 1. The molecule has 0 aliphatic rings. The zero-order chi connectivity index (χ0) is 11.4. The van der Waals surface area contributed by atoms with Gasteiger partial charge in [0.15, 0.2) is 10.8 Å². The Hall–Kier alpha value is -1.43. The highest BCUT2D eigenvalue weighted by atomic mass is 32.1. The van der Waals surface area contributed by atoms with E-state index in [-0.39, 0.29) is 17.5 Å². The van der Waals surface area contributed by atoms with Crippen molar-refractivity contribution in [2.24, 2.45) is 5.92 Å². The number of hydrogen-bond acceptors (Lipinski definition) is 4. The Labute approximate surface area is 91.1 Å². The fourth-order valence-electron chi connectivity index (χ4n) is 0.970. The van der Waals surface area contributed by atoms with Crippen molar-refractivity contribution in [1.82, 2.24) is 4.98 Å². The van der Waals surface area contributed by atoms with E-state index in [1.165, 1.54) is 5.38 Å². The minimum atomic E-state index is -1.09. The van der Waals surface area contributed by atoms with Crippen molar-refractivity contribution in [3.63, 3.8) is 0 Å². The average molecular weight is 228 g/mol. The van der Waals surface area contributed by atoms with Crippen LogP contribution in [0.2, 0.25) is 0 Å². The smallest absolute Gasteiger partial charge is 0.355 e. The number of carboxylic acids is 1. The van der Waals surface area contributed by atoms with Crippen LogP contribution in [-0.4, -0.2) is 22.0 Å². The molecule has 5 nitrogen and oxygen atoms in total. The molecule has 0 radical (unpaired) electrons. The molecule has 1 rings (SSSR count). The number of amides is 1. The summed E-state index contributed by atoms with van der Waals surface area (Å²) < 4.78 is 0. The number of carboxylic acid groups (broad SMARTS) is 1. The van der Waals surface area contributed by atoms with E-state index < -0.39 is 5.97 Å². The third-order valence-corrected chi connectivity index (χ3v) is 2.32. The third kappa shape index (κ3) is 3.67. The molecular weight excluding hydrogens is 216 g/mol. The maximum absolute atomic E-state index is 11.3. The van der Waals surface area contributed by atoms with E-state index >= 15 is 0 Å². The van der Waals surface area contributed by atoms with E-state index in [1.54, 1.807) is 0 Å². The van der Waals surface area contributed by atoms with Gasteiger partial charge in [0.2, 0.25) is 5.91 Å². The standard InChI is InChI=1S/C9H12N2O3S/c1-5(2)3-7(12)11-9-10-6(4-15-9)8(13)14/h4-5H,3H2,1-2H3,(H,13,14)(H,10,11,12). The van der Waals surface area contributed by atoms with Crippen LogP contribution in [0.3, 0.4) is 0 Å². The Morgan fingerprint density at radius 2 is 2.27 bits per heavy atom. The van der Waals surface area contributed by atoms with Crippen LogP contribution in [0.25, 0.3) is 0 Å². The molecule has 0 aromatic carbocycles. The van der Waals surface area contributed by atoms with Crippen LogP contribution in [-0.2, 0) is 4.79 Å². The van der Waals surface area contributed by atoms with Crippen molar-refractivity contribution in [3.8, 4) is 0 Å². The summed E-state index contributed by atoms with van der Waals surface area (Å²) in [6, 6.07) is 0. The summed E-state index contributed by atoms with van der Waals surface area (Å²) in [5.41, 5.74) is -0.0418. The number of hydrogen-bond donors (Lipinski definition) is 2. The van der Waals surface area contributed by atoms with E-state index in [1.807, 2.05) is 13.8 Å². The van der Waals surface area contributed by atoms with Gasteiger partial charge >= 0.3 is 5.97 Å². The molecule has 0 saturated carbocycles. The number of aromatic nitrogens is 1. The van der Waals surface area contributed by atoms with Gasteiger partial charge in [-0.2, -0.15) is 0 Å². The highest BCUT2D eigenvalue weighted by Gasteiger charge is 2.11. The maximum Gasteiger partial charge on any atom is 0.355 e. The van der Waals surface area contributed by atoms with Gasteiger partial charge in [-0.25, -0.2) is 9.78 Å². The quantitative estimate of drug-likeness (QED) is 0.823. The number of carbonyl (C=O) groups excluding carboxylic acids is 1. The summed E-state index contributed by atoms with van der Waals surface area (Å²) >= 11 is 1.11. The molecule has 15 heavy (non-hydrogen) atoms. The highest BCUT2D eigenvalue weighted by Crippen LogP contribution is 2.16. The Morgan fingerprint density at radius 1 is 1.60 bits per heavy atom. The fraction of sp³-hybridized carbons (Fsp3) is 0.444. The molecule has 0 fully saturated rings. The first kappa shape index (κ1) is 11.6. The molecule has 1 heterocycles. The number of rotatable bonds is 4. The summed E-state index contributed by atoms with van der Waals surface area (Å²) in [5, 5.41) is 12.9. The van der Waals surface area contributed by atoms with E-state index in [0.717, 1.165) is 11.3 Å². The Morgan fingerprint density at radius 3 is 2.73 bits per heavy atom. The largest absolute Gasteiger partial charge is 0.476 e. The summed E-state index contributed by atoms with van der Waals surface area (Å²) in [5.74, 6) is -0.962. The van der Waals surface area contributed by atoms with E-state index in [2.05, 4.69) is 10.3 Å². The molecule has 2 N–H and O–H groups in total. The van der Waals surface area contributed by atoms with Crippen LogP contribution < -0.4 is 5.32 Å². The van der Waals surface area contributed by atoms with Gasteiger partial charge in [0.05, 0.1) is 0 Å². The SMILES string of the molecule is CC(C)CC(=O)Nc1nc(C(=O)O)cs1. The number of nitrogens with zero attached hydrogens (tertiary/aromatic N) is 1. The molecule has 0 aliphatic carbocycles. The number of carbonyl (C=O) groups is 2. The van der Waals surface area contributed by atoms with E-state index in [0.29, 0.717) is 11.6 Å². The van der Waals surface area contributed by atoms with Crippen LogP contribution in [0.15, 0.2) is 5.38 Å². The number of thiazole rings is 1. The molecule has 6 heteroatoms. The van der Waals surface area contributed by atoms with E-state index in [4.69, 9.17) is 5.11 Å². The lowest BCUT2D eigenvalue weighted by Gasteiger charge is -2.03. The van der Waals surface area contributed by atoms with Gasteiger partial charge < -0.3 is 10.4 Å². The Kier molecular flexibility index (Phi) is 3.79. The van der Waals surface area contributed by atoms with Gasteiger partial charge in [-0.3, -0.25) is 4.79 Å². The topological polar surface area (TPSA) is 79.3 Å². The predicted molar refractivity (Wildman–Crippen MR) is 57.2 cm³/mol.